The van der Waals surface area contributed by atoms with Crippen LogP contribution in [0.15, 0.2) is 0 Å². The molecule has 0 aliphatic rings. The molecule has 2 N–H and O–H groups in total. The van der Waals surface area contributed by atoms with Gasteiger partial charge in [-0.25, -0.2) is 0 Å². The Morgan fingerprint density at radius 3 is 2.38 bits per heavy atom. The van der Waals surface area contributed by atoms with Gasteiger partial charge in [-0.05, 0) is 0 Å². The molecular weight excluding hydrogens is 132 g/mol. The molecule has 0 saturated carbocycles. The second-order valence-electron chi connectivity index (χ2n) is 0.954. The minimum Gasteiger partial charge on any atom is -0.273 e. The van der Waals surface area contributed by atoms with E-state index in [2.05, 4.69) is 0 Å². The molecule has 0 aliphatic heterocycles. The van der Waals surface area contributed by atoms with Crippen LogP contribution in [0.4, 0.5) is 0 Å². The van der Waals surface area contributed by atoms with Crippen LogP contribution in [0.2, 0.25) is 0 Å². The van der Waals surface area contributed by atoms with Crippen molar-refractivity contribution in [1.29, 1.82) is 5.26 Å². The molecule has 0 rings (SSSR count). The summed E-state index contributed by atoms with van der Waals surface area (Å²) in [4.78, 5) is 0. The van der Waals surface area contributed by atoms with Crippen LogP contribution in [0.25, 0.3) is 0 Å². The van der Waals surface area contributed by atoms with Gasteiger partial charge >= 0.3 is 10.3 Å². The molecule has 0 heterocycles. The maximum atomic E-state index is 9.68. The van der Waals surface area contributed by atoms with Gasteiger partial charge in [-0.2, -0.15) is 18.4 Å². The summed E-state index contributed by atoms with van der Waals surface area (Å²) in [5.41, 5.74) is 0. The molecule has 0 bridgehead atoms. The molecule has 0 atom stereocenters. The lowest BCUT2D eigenvalue weighted by Crippen LogP contribution is -2.22. The van der Waals surface area contributed by atoms with Crippen LogP contribution in [0.5, 0.6) is 0 Å². The first-order valence-corrected chi connectivity index (χ1v) is 3.09. The van der Waals surface area contributed by atoms with Crippen molar-refractivity contribution in [2.45, 2.75) is 0 Å². The smallest absolute Gasteiger partial charge is 0.273 e. The van der Waals surface area contributed by atoms with Crippen molar-refractivity contribution in [3.05, 3.63) is 0 Å². The summed E-state index contributed by atoms with van der Waals surface area (Å²) in [7, 11) is -4.16. The molecule has 0 aromatic heterocycles. The van der Waals surface area contributed by atoms with Crippen LogP contribution in [0.3, 0.4) is 0 Å². The molecule has 5 nitrogen and oxygen atoms in total. The number of nitrogens with one attached hydrogen (secondary N) is 1. The summed E-state index contributed by atoms with van der Waals surface area (Å²) in [5.74, 6) is 0. The second-order valence-corrected chi connectivity index (χ2v) is 2.19. The van der Waals surface area contributed by atoms with Gasteiger partial charge in [0.1, 0.15) is 0 Å². The van der Waals surface area contributed by atoms with Crippen LogP contribution < -0.4 is 4.72 Å². The zero-order chi connectivity index (χ0) is 6.62. The van der Waals surface area contributed by atoms with E-state index in [4.69, 9.17) is 9.81 Å². The van der Waals surface area contributed by atoms with Crippen molar-refractivity contribution in [3.63, 3.8) is 0 Å². The first-order valence-electron chi connectivity index (χ1n) is 1.65. The van der Waals surface area contributed by atoms with Crippen molar-refractivity contribution >= 4 is 10.3 Å². The minimum atomic E-state index is -4.16. The van der Waals surface area contributed by atoms with Gasteiger partial charge in [0, 0.05) is 0 Å². The van der Waals surface area contributed by atoms with E-state index in [1.54, 1.807) is 0 Å². The second kappa shape index (κ2) is 2.61. The maximum Gasteiger partial charge on any atom is 0.334 e. The zero-order valence-electron chi connectivity index (χ0n) is 3.83. The number of nitrogens with zero attached hydrogens (tertiary/aromatic N) is 1. The summed E-state index contributed by atoms with van der Waals surface area (Å²) in [6.07, 6.45) is 0. The highest BCUT2D eigenvalue weighted by atomic mass is 32.2. The zero-order valence-corrected chi connectivity index (χ0v) is 4.64. The van der Waals surface area contributed by atoms with E-state index in [-0.39, 0.29) is 0 Å². The Morgan fingerprint density at radius 1 is 1.75 bits per heavy atom. The van der Waals surface area contributed by atoms with Crippen molar-refractivity contribution in [2.24, 2.45) is 0 Å². The number of nitriles is 1. The Balaban J connectivity index is 3.63. The highest BCUT2D eigenvalue weighted by Gasteiger charge is 1.97. The van der Waals surface area contributed by atoms with Gasteiger partial charge in [-0.1, -0.05) is 0 Å². The van der Waals surface area contributed by atoms with Crippen molar-refractivity contribution < 1.29 is 13.0 Å². The Bertz CT molecular complexity index is 188. The third kappa shape index (κ3) is 5.36. The lowest BCUT2D eigenvalue weighted by atomic mass is 10.8. The molecule has 0 amide bonds. The Hall–Kier alpha value is -0.640. The fourth-order valence-electron chi connectivity index (χ4n) is 0.123. The molecule has 0 radical (unpaired) electrons. The van der Waals surface area contributed by atoms with E-state index in [0.29, 0.717) is 0 Å². The molecule has 0 aromatic rings. The molecule has 46 valence electrons. The summed E-state index contributed by atoms with van der Waals surface area (Å²) < 4.78 is 28.8. The van der Waals surface area contributed by atoms with E-state index in [0.717, 1.165) is 0 Å². The number of hydrogen-bond donors (Lipinski definition) is 2. The minimum absolute atomic E-state index is 0.404. The Labute approximate surface area is 46.8 Å². The third-order valence-electron chi connectivity index (χ3n) is 0.334. The lowest BCUT2D eigenvalue weighted by molar-refractivity contribution is 0.471. The predicted octanol–water partition coefficient (Wildman–Crippen LogP) is -1.10. The van der Waals surface area contributed by atoms with Crippen molar-refractivity contribution in [1.82, 2.24) is 4.72 Å². The average Bonchev–Trinajstić information content (AvgIpc) is 1.59. The van der Waals surface area contributed by atoms with Crippen LogP contribution in [0.1, 0.15) is 0 Å². The first kappa shape index (κ1) is 7.36. The molecular formula is C2H4N2O3S. The standard InChI is InChI=1S/C2H4N2O3S/c3-1-2-4-8(5,6)7/h4H,2H2,(H,5,6,7). The topological polar surface area (TPSA) is 90.2 Å². The molecule has 6 heteroatoms. The molecule has 0 spiro atoms. The number of rotatable bonds is 2. The predicted molar refractivity (Wildman–Crippen MR) is 25.2 cm³/mol. The molecule has 0 saturated heterocycles. The van der Waals surface area contributed by atoms with Gasteiger partial charge in [0.25, 0.3) is 0 Å². The Morgan fingerprint density at radius 2 is 2.25 bits per heavy atom. The van der Waals surface area contributed by atoms with Gasteiger partial charge in [-0.3, -0.25) is 4.55 Å². The summed E-state index contributed by atoms with van der Waals surface area (Å²) in [5, 5.41) is 7.74. The van der Waals surface area contributed by atoms with E-state index >= 15 is 0 Å². The summed E-state index contributed by atoms with van der Waals surface area (Å²) in [6, 6.07) is 1.47. The van der Waals surface area contributed by atoms with Crippen molar-refractivity contribution in [3.8, 4) is 6.07 Å². The fraction of sp³-hybridized carbons (Fsp3) is 0.500. The molecule has 0 aromatic carbocycles. The van der Waals surface area contributed by atoms with Crippen LogP contribution >= 0.6 is 0 Å². The first-order chi connectivity index (χ1) is 3.56. The quantitative estimate of drug-likeness (QED) is 0.372. The summed E-state index contributed by atoms with van der Waals surface area (Å²) >= 11 is 0. The number of hydrogen-bond acceptors (Lipinski definition) is 3. The third-order valence-corrected chi connectivity index (χ3v) is 0.843. The largest absolute Gasteiger partial charge is 0.334 e. The molecule has 8 heavy (non-hydrogen) atoms. The highest BCUT2D eigenvalue weighted by molar-refractivity contribution is 7.83. The normalized spacial score (nSPS) is 10.5. The van der Waals surface area contributed by atoms with Crippen LogP contribution in [-0.4, -0.2) is 19.5 Å². The van der Waals surface area contributed by atoms with E-state index < -0.39 is 16.8 Å². The lowest BCUT2D eigenvalue weighted by Gasteiger charge is -1.88. The Kier molecular flexibility index (Phi) is 2.41. The molecule has 0 aliphatic carbocycles. The van der Waals surface area contributed by atoms with E-state index in [1.165, 1.54) is 10.8 Å². The maximum absolute atomic E-state index is 9.68. The van der Waals surface area contributed by atoms with E-state index in [9.17, 15) is 8.42 Å². The van der Waals surface area contributed by atoms with Gasteiger partial charge in [0.2, 0.25) is 0 Å². The molecule has 0 unspecified atom stereocenters. The van der Waals surface area contributed by atoms with Crippen LogP contribution in [-0.2, 0) is 10.3 Å². The van der Waals surface area contributed by atoms with Gasteiger partial charge in [0.15, 0.2) is 0 Å². The monoisotopic (exact) mass is 136 g/mol. The van der Waals surface area contributed by atoms with Crippen LogP contribution in [0, 0.1) is 11.3 Å². The van der Waals surface area contributed by atoms with Crippen molar-refractivity contribution in [2.75, 3.05) is 6.54 Å². The molecule has 0 fully saturated rings. The van der Waals surface area contributed by atoms with Gasteiger partial charge < -0.3 is 0 Å². The SMILES string of the molecule is N#CCNS(=O)(=O)O. The highest BCUT2D eigenvalue weighted by Crippen LogP contribution is 1.67. The van der Waals surface area contributed by atoms with Gasteiger partial charge in [0.05, 0.1) is 12.6 Å². The van der Waals surface area contributed by atoms with Gasteiger partial charge in [-0.15, -0.1) is 0 Å². The fourth-order valence-corrected chi connectivity index (χ4v) is 0.370. The average molecular weight is 136 g/mol. The van der Waals surface area contributed by atoms with E-state index in [1.807, 2.05) is 0 Å². The summed E-state index contributed by atoms with van der Waals surface area (Å²) in [6.45, 7) is -0.404.